The topological polar surface area (TPSA) is 129 Å². The van der Waals surface area contributed by atoms with Crippen LogP contribution in [-0.4, -0.2) is 36.2 Å². The quantitative estimate of drug-likeness (QED) is 0.401. The van der Waals surface area contributed by atoms with Crippen LogP contribution in [0.3, 0.4) is 0 Å². The van der Waals surface area contributed by atoms with Gasteiger partial charge in [-0.3, -0.25) is 4.79 Å². The van der Waals surface area contributed by atoms with Crippen molar-refractivity contribution < 1.29 is 17.9 Å². The van der Waals surface area contributed by atoms with Crippen molar-refractivity contribution in [3.05, 3.63) is 102 Å². The van der Waals surface area contributed by atoms with Gasteiger partial charge >= 0.3 is 0 Å². The minimum absolute atomic E-state index is 0.00403. The number of amides is 1. The number of carbonyl (C=O) groups is 1. The molecule has 0 unspecified atom stereocenters. The van der Waals surface area contributed by atoms with E-state index in [0.29, 0.717) is 23.7 Å². The Hall–Kier alpha value is -4.02. The average molecular weight is 478 g/mol. The average Bonchev–Trinajstić information content (AvgIpc) is 3.26. The third kappa shape index (κ3) is 5.48. The fourth-order valence-electron chi connectivity index (χ4n) is 3.36. The Bertz CT molecular complexity index is 1400. The third-order valence-corrected chi connectivity index (χ3v) is 6.01. The number of primary sulfonamides is 1. The smallest absolute Gasteiger partial charge is 0.291 e. The van der Waals surface area contributed by atoms with Crippen molar-refractivity contribution in [3.8, 4) is 11.4 Å². The number of sulfonamides is 1. The van der Waals surface area contributed by atoms with Crippen molar-refractivity contribution in [2.24, 2.45) is 5.14 Å². The summed E-state index contributed by atoms with van der Waals surface area (Å²) in [6, 6.07) is 22.9. The molecule has 0 atom stereocenters. The van der Waals surface area contributed by atoms with Gasteiger partial charge in [-0.15, -0.1) is 5.10 Å². The molecule has 0 saturated heterocycles. The number of aromatic nitrogens is 3. The van der Waals surface area contributed by atoms with E-state index in [9.17, 15) is 13.2 Å². The summed E-state index contributed by atoms with van der Waals surface area (Å²) >= 11 is 0. The molecule has 0 saturated carbocycles. The zero-order chi connectivity index (χ0) is 24.1. The second-order valence-corrected chi connectivity index (χ2v) is 9.06. The van der Waals surface area contributed by atoms with Gasteiger partial charge in [0.05, 0.1) is 17.7 Å². The number of benzene rings is 3. The standard InChI is InChI=1S/C24H23N5O4S/c1-33-20-9-5-8-18(14-20)16-26-24(30)23-27-22(15-17-6-3-2-4-7-17)29(28-23)19-10-12-21(13-11-19)34(25,31)32/h2-14H,15-16H2,1H3,(H,26,30)(H2,25,31,32). The SMILES string of the molecule is COc1cccc(CNC(=O)c2nc(Cc3ccccc3)n(-c3ccc(S(N)(=O)=O)cc3)n2)c1. The minimum atomic E-state index is -3.83. The van der Waals surface area contributed by atoms with Crippen LogP contribution < -0.4 is 15.2 Å². The number of nitrogens with one attached hydrogen (secondary N) is 1. The van der Waals surface area contributed by atoms with Crippen LogP contribution in [0.25, 0.3) is 5.69 Å². The van der Waals surface area contributed by atoms with Gasteiger partial charge in [0, 0.05) is 13.0 Å². The summed E-state index contributed by atoms with van der Waals surface area (Å²) in [4.78, 5) is 17.3. The van der Waals surface area contributed by atoms with E-state index < -0.39 is 15.9 Å². The molecule has 3 aromatic carbocycles. The first kappa shape index (κ1) is 23.1. The van der Waals surface area contributed by atoms with Gasteiger partial charge in [-0.1, -0.05) is 42.5 Å². The molecule has 0 fully saturated rings. The molecule has 0 aliphatic rings. The summed E-state index contributed by atoms with van der Waals surface area (Å²) in [5.74, 6) is 0.796. The lowest BCUT2D eigenvalue weighted by Gasteiger charge is -2.07. The van der Waals surface area contributed by atoms with E-state index in [2.05, 4.69) is 15.4 Å². The number of rotatable bonds is 8. The van der Waals surface area contributed by atoms with Gasteiger partial charge in [-0.25, -0.2) is 23.2 Å². The Balaban J connectivity index is 1.62. The second-order valence-electron chi connectivity index (χ2n) is 7.50. The largest absolute Gasteiger partial charge is 0.497 e. The first-order valence-electron chi connectivity index (χ1n) is 10.4. The van der Waals surface area contributed by atoms with Crippen molar-refractivity contribution >= 4 is 15.9 Å². The first-order chi connectivity index (χ1) is 16.3. The van der Waals surface area contributed by atoms with E-state index in [1.54, 1.807) is 19.2 Å². The van der Waals surface area contributed by atoms with Crippen LogP contribution >= 0.6 is 0 Å². The van der Waals surface area contributed by atoms with Gasteiger partial charge in [-0.2, -0.15) is 0 Å². The summed E-state index contributed by atoms with van der Waals surface area (Å²) < 4.78 is 29.9. The monoisotopic (exact) mass is 477 g/mol. The second kappa shape index (κ2) is 9.86. The van der Waals surface area contributed by atoms with Gasteiger partial charge < -0.3 is 10.1 Å². The third-order valence-electron chi connectivity index (χ3n) is 5.08. The normalized spacial score (nSPS) is 11.2. The summed E-state index contributed by atoms with van der Waals surface area (Å²) in [7, 11) is -2.24. The highest BCUT2D eigenvalue weighted by atomic mass is 32.2. The van der Waals surface area contributed by atoms with E-state index in [4.69, 9.17) is 9.88 Å². The molecule has 34 heavy (non-hydrogen) atoms. The molecule has 4 aromatic rings. The van der Waals surface area contributed by atoms with Crippen LogP contribution in [0.5, 0.6) is 5.75 Å². The predicted octanol–water partition coefficient (Wildman–Crippen LogP) is 2.44. The lowest BCUT2D eigenvalue weighted by Crippen LogP contribution is -2.24. The molecule has 9 nitrogen and oxygen atoms in total. The van der Waals surface area contributed by atoms with Gasteiger partial charge in [0.1, 0.15) is 11.6 Å². The van der Waals surface area contributed by atoms with Gasteiger partial charge in [0.25, 0.3) is 5.91 Å². The molecule has 0 bridgehead atoms. The summed E-state index contributed by atoms with van der Waals surface area (Å²) in [5.41, 5.74) is 2.41. The van der Waals surface area contributed by atoms with Crippen LogP contribution in [0, 0.1) is 0 Å². The molecular formula is C24H23N5O4S. The molecule has 3 N–H and O–H groups in total. The van der Waals surface area contributed by atoms with Gasteiger partial charge in [0.2, 0.25) is 15.8 Å². The number of nitrogens with two attached hydrogens (primary N) is 1. The highest BCUT2D eigenvalue weighted by molar-refractivity contribution is 7.89. The highest BCUT2D eigenvalue weighted by Gasteiger charge is 2.18. The van der Waals surface area contributed by atoms with Crippen LogP contribution in [0.2, 0.25) is 0 Å². The number of methoxy groups -OCH3 is 1. The lowest BCUT2D eigenvalue weighted by molar-refractivity contribution is 0.0940. The Morgan fingerprint density at radius 3 is 2.38 bits per heavy atom. The van der Waals surface area contributed by atoms with Crippen molar-refractivity contribution in [2.75, 3.05) is 7.11 Å². The van der Waals surface area contributed by atoms with Crippen molar-refractivity contribution in [3.63, 3.8) is 0 Å². The fraction of sp³-hybridized carbons (Fsp3) is 0.125. The summed E-state index contributed by atoms with van der Waals surface area (Å²) in [5, 5.41) is 12.4. The van der Waals surface area contributed by atoms with E-state index in [1.807, 2.05) is 54.6 Å². The molecule has 1 amide bonds. The fourth-order valence-corrected chi connectivity index (χ4v) is 3.88. The van der Waals surface area contributed by atoms with Crippen LogP contribution in [0.1, 0.15) is 27.6 Å². The molecular weight excluding hydrogens is 454 g/mol. The Kier molecular flexibility index (Phi) is 6.71. The first-order valence-corrected chi connectivity index (χ1v) is 11.9. The Morgan fingerprint density at radius 2 is 1.71 bits per heavy atom. The van der Waals surface area contributed by atoms with Crippen molar-refractivity contribution in [2.45, 2.75) is 17.9 Å². The zero-order valence-electron chi connectivity index (χ0n) is 18.4. The number of hydrogen-bond donors (Lipinski definition) is 2. The number of hydrogen-bond acceptors (Lipinski definition) is 6. The number of nitrogens with zero attached hydrogens (tertiary/aromatic N) is 3. The molecule has 1 aromatic heterocycles. The van der Waals surface area contributed by atoms with Crippen LogP contribution in [-0.2, 0) is 23.0 Å². The summed E-state index contributed by atoms with van der Waals surface area (Å²) in [6.45, 7) is 0.279. The van der Waals surface area contributed by atoms with E-state index >= 15 is 0 Å². The number of carbonyl (C=O) groups excluding carboxylic acids is 1. The summed E-state index contributed by atoms with van der Waals surface area (Å²) in [6.07, 6.45) is 0.425. The zero-order valence-corrected chi connectivity index (χ0v) is 19.2. The molecule has 0 aliphatic carbocycles. The van der Waals surface area contributed by atoms with Crippen molar-refractivity contribution in [1.82, 2.24) is 20.1 Å². The molecule has 0 aliphatic heterocycles. The molecule has 0 radical (unpaired) electrons. The highest BCUT2D eigenvalue weighted by Crippen LogP contribution is 2.17. The maximum Gasteiger partial charge on any atom is 0.291 e. The van der Waals surface area contributed by atoms with Gasteiger partial charge in [0.15, 0.2) is 0 Å². The molecule has 4 rings (SSSR count). The van der Waals surface area contributed by atoms with E-state index in [1.165, 1.54) is 16.8 Å². The Labute approximate surface area is 197 Å². The molecule has 0 spiro atoms. The van der Waals surface area contributed by atoms with E-state index in [-0.39, 0.29) is 17.3 Å². The molecule has 10 heteroatoms. The molecule has 1 heterocycles. The van der Waals surface area contributed by atoms with E-state index in [0.717, 1.165) is 11.1 Å². The maximum atomic E-state index is 12.8. The predicted molar refractivity (Wildman–Crippen MR) is 126 cm³/mol. The minimum Gasteiger partial charge on any atom is -0.497 e. The van der Waals surface area contributed by atoms with Gasteiger partial charge in [-0.05, 0) is 47.5 Å². The number of ether oxygens (including phenoxy) is 1. The molecule has 174 valence electrons. The van der Waals surface area contributed by atoms with Crippen LogP contribution in [0.15, 0.2) is 83.8 Å². The van der Waals surface area contributed by atoms with Crippen LogP contribution in [0.4, 0.5) is 0 Å². The van der Waals surface area contributed by atoms with Crippen molar-refractivity contribution in [1.29, 1.82) is 0 Å². The lowest BCUT2D eigenvalue weighted by atomic mass is 10.1. The Morgan fingerprint density at radius 1 is 1.00 bits per heavy atom. The maximum absolute atomic E-state index is 12.8.